The number of carbonyl (C=O) groups is 1. The maximum atomic E-state index is 12.8. The molecule has 156 valence electrons. The van der Waals surface area contributed by atoms with Crippen molar-refractivity contribution in [3.8, 4) is 5.75 Å². The Morgan fingerprint density at radius 1 is 1.21 bits per heavy atom. The van der Waals surface area contributed by atoms with E-state index < -0.39 is 0 Å². The average Bonchev–Trinajstić information content (AvgIpc) is 3.15. The number of halogens is 1. The summed E-state index contributed by atoms with van der Waals surface area (Å²) in [6.07, 6.45) is 0.902. The molecule has 6 nitrogen and oxygen atoms in total. The molecule has 0 fully saturated rings. The quantitative estimate of drug-likeness (QED) is 0.370. The first kappa shape index (κ1) is 23.0. The number of rotatable bonds is 6. The predicted molar refractivity (Wildman–Crippen MR) is 128 cm³/mol. The van der Waals surface area contributed by atoms with Gasteiger partial charge in [0.15, 0.2) is 5.96 Å². The lowest BCUT2D eigenvalue weighted by molar-refractivity contribution is -0.117. The number of fused-ring (bicyclic) bond motifs is 1. The van der Waals surface area contributed by atoms with Crippen LogP contribution in [0.1, 0.15) is 18.1 Å². The third-order valence-electron chi connectivity index (χ3n) is 4.85. The molecule has 2 aromatic carbocycles. The van der Waals surface area contributed by atoms with Gasteiger partial charge in [0, 0.05) is 37.9 Å². The topological polar surface area (TPSA) is 57.2 Å². The Bertz CT molecular complexity index is 856. The van der Waals surface area contributed by atoms with Gasteiger partial charge in [-0.25, -0.2) is 4.99 Å². The molecule has 29 heavy (non-hydrogen) atoms. The van der Waals surface area contributed by atoms with Crippen LogP contribution in [-0.4, -0.2) is 50.6 Å². The molecule has 0 bridgehead atoms. The number of hydrogen-bond acceptors (Lipinski definition) is 3. The Labute approximate surface area is 190 Å². The summed E-state index contributed by atoms with van der Waals surface area (Å²) >= 11 is 0. The minimum Gasteiger partial charge on any atom is -0.496 e. The van der Waals surface area contributed by atoms with Gasteiger partial charge in [0.1, 0.15) is 12.3 Å². The normalized spacial score (nSPS) is 12.8. The highest BCUT2D eigenvalue weighted by atomic mass is 127. The minimum atomic E-state index is 0. The summed E-state index contributed by atoms with van der Waals surface area (Å²) in [7, 11) is 3.63. The van der Waals surface area contributed by atoms with Gasteiger partial charge in [-0.2, -0.15) is 0 Å². The molecule has 1 aliphatic rings. The molecule has 1 aliphatic heterocycles. The molecule has 7 heteroatoms. The molecule has 0 aliphatic carbocycles. The Kier molecular flexibility index (Phi) is 8.75. The van der Waals surface area contributed by atoms with Gasteiger partial charge >= 0.3 is 0 Å². The van der Waals surface area contributed by atoms with E-state index in [4.69, 9.17) is 4.74 Å². The molecule has 0 radical (unpaired) electrons. The summed E-state index contributed by atoms with van der Waals surface area (Å²) in [6, 6.07) is 16.0. The van der Waals surface area contributed by atoms with E-state index in [2.05, 4.69) is 16.4 Å². The van der Waals surface area contributed by atoms with Gasteiger partial charge in [-0.3, -0.25) is 4.79 Å². The number of ether oxygens (including phenoxy) is 1. The Balaban J connectivity index is 0.00000300. The smallest absolute Gasteiger partial charge is 0.248 e. The number of nitrogens with one attached hydrogen (secondary N) is 1. The van der Waals surface area contributed by atoms with Gasteiger partial charge in [-0.1, -0.05) is 36.4 Å². The number of aliphatic imine (C=N–C) groups is 1. The van der Waals surface area contributed by atoms with Crippen LogP contribution >= 0.6 is 24.0 Å². The molecule has 0 unspecified atom stereocenters. The number of anilines is 1. The minimum absolute atomic E-state index is 0. The average molecular weight is 508 g/mol. The summed E-state index contributed by atoms with van der Waals surface area (Å²) in [6.45, 7) is 4.23. The van der Waals surface area contributed by atoms with Crippen LogP contribution in [0.15, 0.2) is 53.5 Å². The molecule has 1 heterocycles. The van der Waals surface area contributed by atoms with Gasteiger partial charge in [0.05, 0.1) is 7.11 Å². The van der Waals surface area contributed by atoms with Crippen LogP contribution < -0.4 is 15.0 Å². The van der Waals surface area contributed by atoms with Gasteiger partial charge < -0.3 is 19.9 Å². The molecule has 0 atom stereocenters. The van der Waals surface area contributed by atoms with E-state index in [0.29, 0.717) is 12.5 Å². The largest absolute Gasteiger partial charge is 0.496 e. The van der Waals surface area contributed by atoms with Crippen molar-refractivity contribution in [1.29, 1.82) is 0 Å². The molecule has 3 rings (SSSR count). The van der Waals surface area contributed by atoms with Crippen molar-refractivity contribution in [2.24, 2.45) is 4.99 Å². The van der Waals surface area contributed by atoms with E-state index in [0.717, 1.165) is 36.5 Å². The van der Waals surface area contributed by atoms with Crippen LogP contribution in [0.5, 0.6) is 5.75 Å². The lowest BCUT2D eigenvalue weighted by Crippen LogP contribution is -2.40. The maximum absolute atomic E-state index is 12.8. The van der Waals surface area contributed by atoms with E-state index in [9.17, 15) is 4.79 Å². The molecule has 0 aromatic heterocycles. The number of para-hydroxylation sites is 2. The summed E-state index contributed by atoms with van der Waals surface area (Å²) in [5.41, 5.74) is 3.30. The lowest BCUT2D eigenvalue weighted by atomic mass is 10.2. The van der Waals surface area contributed by atoms with E-state index in [-0.39, 0.29) is 36.4 Å². The van der Waals surface area contributed by atoms with Crippen molar-refractivity contribution < 1.29 is 9.53 Å². The Morgan fingerprint density at radius 2 is 1.93 bits per heavy atom. The fourth-order valence-corrected chi connectivity index (χ4v) is 3.46. The lowest BCUT2D eigenvalue weighted by Gasteiger charge is -2.23. The highest BCUT2D eigenvalue weighted by Crippen LogP contribution is 2.27. The van der Waals surface area contributed by atoms with Crippen molar-refractivity contribution >= 4 is 41.5 Å². The van der Waals surface area contributed by atoms with Crippen LogP contribution in [0.2, 0.25) is 0 Å². The zero-order valence-electron chi connectivity index (χ0n) is 17.2. The molecule has 1 amide bonds. The Morgan fingerprint density at radius 3 is 2.69 bits per heavy atom. The number of amides is 1. The number of guanidine groups is 1. The summed E-state index contributed by atoms with van der Waals surface area (Å²) in [4.78, 5) is 21.2. The second kappa shape index (κ2) is 11.0. The van der Waals surface area contributed by atoms with E-state index in [1.807, 2.05) is 66.2 Å². The van der Waals surface area contributed by atoms with Gasteiger partial charge in [-0.15, -0.1) is 24.0 Å². The van der Waals surface area contributed by atoms with Crippen LogP contribution in [0.4, 0.5) is 5.69 Å². The van der Waals surface area contributed by atoms with E-state index in [1.165, 1.54) is 5.56 Å². The first-order valence-electron chi connectivity index (χ1n) is 9.63. The SMILES string of the molecule is CCNC(=NCC(=O)N1CCc2ccccc21)N(C)Cc1ccccc1OC.I. The molecule has 0 saturated carbocycles. The summed E-state index contributed by atoms with van der Waals surface area (Å²) in [5, 5.41) is 3.27. The second-order valence-corrected chi connectivity index (χ2v) is 6.76. The van der Waals surface area contributed by atoms with Crippen molar-refractivity contribution in [2.75, 3.05) is 38.7 Å². The van der Waals surface area contributed by atoms with Gasteiger partial charge in [-0.05, 0) is 31.0 Å². The highest BCUT2D eigenvalue weighted by Gasteiger charge is 2.24. The maximum Gasteiger partial charge on any atom is 0.248 e. The van der Waals surface area contributed by atoms with Gasteiger partial charge in [0.25, 0.3) is 0 Å². The third-order valence-corrected chi connectivity index (χ3v) is 4.85. The fraction of sp³-hybridized carbons (Fsp3) is 0.364. The molecular weight excluding hydrogens is 479 g/mol. The van der Waals surface area contributed by atoms with Crippen molar-refractivity contribution in [3.63, 3.8) is 0 Å². The van der Waals surface area contributed by atoms with Crippen LogP contribution in [0.3, 0.4) is 0 Å². The van der Waals surface area contributed by atoms with Crippen molar-refractivity contribution in [1.82, 2.24) is 10.2 Å². The Hall–Kier alpha value is -2.29. The first-order valence-corrected chi connectivity index (χ1v) is 9.63. The number of nitrogens with zero attached hydrogens (tertiary/aromatic N) is 3. The number of benzene rings is 2. The first-order chi connectivity index (χ1) is 13.6. The molecule has 2 aromatic rings. The van der Waals surface area contributed by atoms with Crippen LogP contribution in [0.25, 0.3) is 0 Å². The molecule has 1 N–H and O–H groups in total. The van der Waals surface area contributed by atoms with E-state index >= 15 is 0 Å². The summed E-state index contributed by atoms with van der Waals surface area (Å²) in [5.74, 6) is 1.57. The molecule has 0 spiro atoms. The monoisotopic (exact) mass is 508 g/mol. The van der Waals surface area contributed by atoms with E-state index in [1.54, 1.807) is 7.11 Å². The van der Waals surface area contributed by atoms with Crippen molar-refractivity contribution in [2.45, 2.75) is 19.9 Å². The van der Waals surface area contributed by atoms with Crippen LogP contribution in [-0.2, 0) is 17.8 Å². The highest BCUT2D eigenvalue weighted by molar-refractivity contribution is 14.0. The zero-order valence-corrected chi connectivity index (χ0v) is 19.6. The molecular formula is C22H29IN4O2. The van der Waals surface area contributed by atoms with Gasteiger partial charge in [0.2, 0.25) is 5.91 Å². The number of methoxy groups -OCH3 is 1. The standard InChI is InChI=1S/C22H28N4O2.HI/c1-4-23-22(25(2)16-18-10-6-8-12-20(18)28-3)24-15-21(27)26-14-13-17-9-5-7-11-19(17)26;/h5-12H,4,13-16H2,1-3H3,(H,23,24);1H. The summed E-state index contributed by atoms with van der Waals surface area (Å²) < 4.78 is 5.44. The fourth-order valence-electron chi connectivity index (χ4n) is 3.46. The predicted octanol–water partition coefficient (Wildman–Crippen LogP) is 3.30. The zero-order chi connectivity index (χ0) is 19.9. The second-order valence-electron chi connectivity index (χ2n) is 6.76. The number of carbonyl (C=O) groups excluding carboxylic acids is 1. The molecule has 0 saturated heterocycles. The van der Waals surface area contributed by atoms with Crippen LogP contribution in [0, 0.1) is 0 Å². The number of hydrogen-bond donors (Lipinski definition) is 1. The third kappa shape index (κ3) is 5.62. The van der Waals surface area contributed by atoms with Crippen molar-refractivity contribution in [3.05, 3.63) is 59.7 Å².